The molecule has 1 aromatic carbocycles. The molecule has 0 atom stereocenters. The van der Waals surface area contributed by atoms with E-state index >= 15 is 0 Å². The van der Waals surface area contributed by atoms with Gasteiger partial charge in [-0.1, -0.05) is 6.08 Å². The van der Waals surface area contributed by atoms with Crippen LogP contribution in [0.25, 0.3) is 0 Å². The molecule has 0 fully saturated rings. The molecule has 0 saturated heterocycles. The van der Waals surface area contributed by atoms with Gasteiger partial charge < -0.3 is 10.4 Å². The number of hydrogen-bond donors (Lipinski definition) is 2. The van der Waals surface area contributed by atoms with E-state index in [1.807, 2.05) is 0 Å². The highest BCUT2D eigenvalue weighted by Gasteiger charge is 2.25. The molecule has 0 unspecified atom stereocenters. The predicted octanol–water partition coefficient (Wildman–Crippen LogP) is 0.906. The van der Waals surface area contributed by atoms with Crippen LogP contribution in [0.15, 0.2) is 41.8 Å². The molecule has 0 aliphatic carbocycles. The van der Waals surface area contributed by atoms with Crippen LogP contribution in [0.2, 0.25) is 0 Å². The van der Waals surface area contributed by atoms with Crippen molar-refractivity contribution in [2.45, 2.75) is 11.8 Å². The summed E-state index contributed by atoms with van der Waals surface area (Å²) in [7, 11) is -3.93. The van der Waals surface area contributed by atoms with Crippen LogP contribution in [0.1, 0.15) is 6.92 Å². The monoisotopic (exact) mass is 312 g/mol. The number of amides is 1. The molecule has 1 aromatic rings. The zero-order valence-corrected chi connectivity index (χ0v) is 12.3. The van der Waals surface area contributed by atoms with Crippen molar-refractivity contribution in [1.82, 2.24) is 4.31 Å². The molecule has 2 N–H and O–H groups in total. The van der Waals surface area contributed by atoms with Gasteiger partial charge in [0.2, 0.25) is 15.9 Å². The molecule has 21 heavy (non-hydrogen) atoms. The van der Waals surface area contributed by atoms with Gasteiger partial charge >= 0.3 is 5.97 Å². The maximum atomic E-state index is 12.3. The third-order valence-electron chi connectivity index (χ3n) is 2.46. The second-order valence-corrected chi connectivity index (χ2v) is 6.12. The lowest BCUT2D eigenvalue weighted by atomic mass is 10.3. The number of carboxylic acid groups (broad SMARTS) is 1. The van der Waals surface area contributed by atoms with Gasteiger partial charge in [-0.25, -0.2) is 8.42 Å². The van der Waals surface area contributed by atoms with Crippen molar-refractivity contribution in [2.75, 3.05) is 18.4 Å². The van der Waals surface area contributed by atoms with Gasteiger partial charge in [-0.3, -0.25) is 9.59 Å². The van der Waals surface area contributed by atoms with Crippen molar-refractivity contribution in [3.05, 3.63) is 36.9 Å². The molecular formula is C13H16N2O5S. The molecule has 7 nitrogen and oxygen atoms in total. The Morgan fingerprint density at radius 2 is 1.90 bits per heavy atom. The fraction of sp³-hybridized carbons (Fsp3) is 0.231. The van der Waals surface area contributed by atoms with Gasteiger partial charge in [0.25, 0.3) is 0 Å². The van der Waals surface area contributed by atoms with Gasteiger partial charge in [0.1, 0.15) is 6.54 Å². The summed E-state index contributed by atoms with van der Waals surface area (Å²) in [5, 5.41) is 11.3. The molecule has 0 radical (unpaired) electrons. The number of sulfonamides is 1. The first kappa shape index (κ1) is 16.9. The highest BCUT2D eigenvalue weighted by molar-refractivity contribution is 7.89. The zero-order valence-electron chi connectivity index (χ0n) is 11.4. The molecule has 0 spiro atoms. The summed E-state index contributed by atoms with van der Waals surface area (Å²) in [6, 6.07) is 5.47. The van der Waals surface area contributed by atoms with Crippen LogP contribution in [-0.4, -0.2) is 42.8 Å². The summed E-state index contributed by atoms with van der Waals surface area (Å²) in [5.41, 5.74) is 0.454. The van der Waals surface area contributed by atoms with Gasteiger partial charge in [0.15, 0.2) is 0 Å². The summed E-state index contributed by atoms with van der Waals surface area (Å²) in [6.45, 7) is 3.99. The van der Waals surface area contributed by atoms with E-state index < -0.39 is 22.5 Å². The normalized spacial score (nSPS) is 11.1. The van der Waals surface area contributed by atoms with E-state index in [2.05, 4.69) is 11.9 Å². The first-order chi connectivity index (χ1) is 9.77. The maximum Gasteiger partial charge on any atom is 0.318 e. The molecule has 0 aliphatic rings. The van der Waals surface area contributed by atoms with Crippen LogP contribution in [-0.2, 0) is 19.6 Å². The standard InChI is InChI=1S/C13H16N2O5S/c1-3-8-15(9-13(17)18)21(19,20)12-6-4-11(5-7-12)14-10(2)16/h3-7H,1,8-9H2,2H3,(H,14,16)(H,17,18). The van der Waals surface area contributed by atoms with Crippen LogP contribution < -0.4 is 5.32 Å². The first-order valence-electron chi connectivity index (χ1n) is 5.98. The van der Waals surface area contributed by atoms with Crippen molar-refractivity contribution < 1.29 is 23.1 Å². The average Bonchev–Trinajstić information content (AvgIpc) is 2.37. The van der Waals surface area contributed by atoms with Gasteiger partial charge in [-0.05, 0) is 24.3 Å². The molecule has 0 heterocycles. The number of nitrogens with one attached hydrogen (secondary N) is 1. The van der Waals surface area contributed by atoms with Crippen molar-refractivity contribution in [1.29, 1.82) is 0 Å². The van der Waals surface area contributed by atoms with E-state index in [-0.39, 0.29) is 17.3 Å². The third kappa shape index (κ3) is 4.69. The minimum atomic E-state index is -3.93. The number of rotatable bonds is 7. The number of anilines is 1. The summed E-state index contributed by atoms with van der Waals surface area (Å²) in [5.74, 6) is -1.53. The van der Waals surface area contributed by atoms with Crippen molar-refractivity contribution >= 4 is 27.6 Å². The van der Waals surface area contributed by atoms with E-state index in [1.165, 1.54) is 37.3 Å². The topological polar surface area (TPSA) is 104 Å². The summed E-state index contributed by atoms with van der Waals surface area (Å²) in [6.07, 6.45) is 1.31. The van der Waals surface area contributed by atoms with Crippen molar-refractivity contribution in [3.8, 4) is 0 Å². The molecule has 1 amide bonds. The smallest absolute Gasteiger partial charge is 0.318 e. The molecule has 0 aliphatic heterocycles. The van der Waals surface area contributed by atoms with Crippen molar-refractivity contribution in [2.24, 2.45) is 0 Å². The van der Waals surface area contributed by atoms with Crippen LogP contribution in [0.4, 0.5) is 5.69 Å². The van der Waals surface area contributed by atoms with Gasteiger partial charge in [-0.15, -0.1) is 6.58 Å². The van der Waals surface area contributed by atoms with E-state index in [4.69, 9.17) is 5.11 Å². The second kappa shape index (κ2) is 7.00. The first-order valence-corrected chi connectivity index (χ1v) is 7.42. The number of carboxylic acids is 1. The van der Waals surface area contributed by atoms with Gasteiger partial charge in [0.05, 0.1) is 4.90 Å². The minimum Gasteiger partial charge on any atom is -0.480 e. The number of benzene rings is 1. The largest absolute Gasteiger partial charge is 0.480 e. The number of aliphatic carboxylic acids is 1. The summed E-state index contributed by atoms with van der Waals surface area (Å²) >= 11 is 0. The Balaban J connectivity index is 3.06. The summed E-state index contributed by atoms with van der Waals surface area (Å²) < 4.78 is 25.4. The van der Waals surface area contributed by atoms with E-state index in [0.29, 0.717) is 5.69 Å². The van der Waals surface area contributed by atoms with Crippen LogP contribution in [0.3, 0.4) is 0 Å². The van der Waals surface area contributed by atoms with Gasteiger partial charge in [0, 0.05) is 19.2 Å². The lowest BCUT2D eigenvalue weighted by Gasteiger charge is -2.18. The van der Waals surface area contributed by atoms with E-state index in [0.717, 1.165) is 4.31 Å². The second-order valence-electron chi connectivity index (χ2n) is 4.19. The lowest BCUT2D eigenvalue weighted by Crippen LogP contribution is -2.35. The molecule has 1 rings (SSSR count). The number of carbonyl (C=O) groups excluding carboxylic acids is 1. The van der Waals surface area contributed by atoms with E-state index in [1.54, 1.807) is 0 Å². The average molecular weight is 312 g/mol. The maximum absolute atomic E-state index is 12.3. The molecule has 0 aromatic heterocycles. The summed E-state index contributed by atoms with van der Waals surface area (Å²) in [4.78, 5) is 21.6. The highest BCUT2D eigenvalue weighted by atomic mass is 32.2. The van der Waals surface area contributed by atoms with Crippen LogP contribution in [0.5, 0.6) is 0 Å². The molecule has 0 saturated carbocycles. The van der Waals surface area contributed by atoms with Crippen LogP contribution >= 0.6 is 0 Å². The Bertz CT molecular complexity index is 637. The van der Waals surface area contributed by atoms with Gasteiger partial charge in [-0.2, -0.15) is 4.31 Å². The Kier molecular flexibility index (Phi) is 5.62. The predicted molar refractivity (Wildman–Crippen MR) is 77.3 cm³/mol. The Morgan fingerprint density at radius 3 is 2.33 bits per heavy atom. The number of hydrogen-bond acceptors (Lipinski definition) is 4. The zero-order chi connectivity index (χ0) is 16.0. The van der Waals surface area contributed by atoms with E-state index in [9.17, 15) is 18.0 Å². The SMILES string of the molecule is C=CCN(CC(=O)O)S(=O)(=O)c1ccc(NC(C)=O)cc1. The third-order valence-corrected chi connectivity index (χ3v) is 4.28. The van der Waals surface area contributed by atoms with Crippen molar-refractivity contribution in [3.63, 3.8) is 0 Å². The lowest BCUT2D eigenvalue weighted by molar-refractivity contribution is -0.137. The quantitative estimate of drug-likeness (QED) is 0.728. The molecule has 8 heteroatoms. The molecular weight excluding hydrogens is 296 g/mol. The Morgan fingerprint density at radius 1 is 1.33 bits per heavy atom. The highest BCUT2D eigenvalue weighted by Crippen LogP contribution is 2.18. The fourth-order valence-corrected chi connectivity index (χ4v) is 2.97. The molecule has 0 bridgehead atoms. The Labute approximate surface area is 122 Å². The molecule has 114 valence electrons. The number of nitrogens with zero attached hydrogens (tertiary/aromatic N) is 1. The fourth-order valence-electron chi connectivity index (χ4n) is 1.61. The minimum absolute atomic E-state index is 0.0558. The van der Waals surface area contributed by atoms with Crippen LogP contribution in [0, 0.1) is 0 Å². The number of carbonyl (C=O) groups is 2. The Hall–Kier alpha value is -2.19.